The number of hydrogen-bond acceptors (Lipinski definition) is 3. The molecule has 0 bridgehead atoms. The molecule has 0 saturated heterocycles. The van der Waals surface area contributed by atoms with Gasteiger partial charge in [0.1, 0.15) is 5.82 Å². The van der Waals surface area contributed by atoms with Crippen molar-refractivity contribution in [3.63, 3.8) is 0 Å². The number of nitrogens with two attached hydrogens (primary N) is 1. The summed E-state index contributed by atoms with van der Waals surface area (Å²) in [6.07, 6.45) is 6.94. The van der Waals surface area contributed by atoms with Crippen LogP contribution in [0.1, 0.15) is 18.3 Å². The predicted molar refractivity (Wildman–Crippen MR) is 65.1 cm³/mol. The van der Waals surface area contributed by atoms with Gasteiger partial charge >= 0.3 is 0 Å². The van der Waals surface area contributed by atoms with Crippen LogP contribution in [0, 0.1) is 0 Å². The van der Waals surface area contributed by atoms with Gasteiger partial charge in [-0.2, -0.15) is 11.8 Å². The molecule has 1 unspecified atom stereocenters. The lowest BCUT2D eigenvalue weighted by Gasteiger charge is -2.09. The molecule has 0 aliphatic rings. The fourth-order valence-electron chi connectivity index (χ4n) is 1.61. The summed E-state index contributed by atoms with van der Waals surface area (Å²) < 4.78 is 2.06. The summed E-state index contributed by atoms with van der Waals surface area (Å²) in [4.78, 5) is 4.38. The summed E-state index contributed by atoms with van der Waals surface area (Å²) >= 11 is 1.82. The number of fused-ring (bicyclic) bond motifs is 1. The number of nitrogens with zero attached hydrogens (tertiary/aromatic N) is 2. The Labute approximate surface area is 93.7 Å². The Morgan fingerprint density at radius 1 is 1.53 bits per heavy atom. The summed E-state index contributed by atoms with van der Waals surface area (Å²) in [7, 11) is 0. The van der Waals surface area contributed by atoms with E-state index in [2.05, 4.69) is 15.6 Å². The van der Waals surface area contributed by atoms with E-state index in [-0.39, 0.29) is 6.04 Å². The van der Waals surface area contributed by atoms with Gasteiger partial charge in [0.05, 0.1) is 17.8 Å². The van der Waals surface area contributed by atoms with Crippen LogP contribution in [-0.2, 0) is 0 Å². The molecule has 80 valence electrons. The first kappa shape index (κ1) is 10.5. The molecule has 2 heterocycles. The molecule has 2 N–H and O–H groups in total. The van der Waals surface area contributed by atoms with E-state index in [0.29, 0.717) is 0 Å². The Balaban J connectivity index is 2.27. The second kappa shape index (κ2) is 4.68. The number of rotatable bonds is 4. The molecule has 4 heteroatoms. The molecule has 0 amide bonds. The van der Waals surface area contributed by atoms with Crippen molar-refractivity contribution in [3.05, 3.63) is 36.4 Å². The summed E-state index contributed by atoms with van der Waals surface area (Å²) in [6, 6.07) is 6.08. The Bertz CT molecular complexity index is 438. The lowest BCUT2D eigenvalue weighted by molar-refractivity contribution is 0.651. The van der Waals surface area contributed by atoms with Gasteiger partial charge in [0.25, 0.3) is 0 Å². The lowest BCUT2D eigenvalue weighted by atomic mass is 10.2. The van der Waals surface area contributed by atoms with Crippen LogP contribution in [-0.4, -0.2) is 21.4 Å². The van der Waals surface area contributed by atoms with Crippen LogP contribution >= 0.6 is 11.8 Å². The van der Waals surface area contributed by atoms with Gasteiger partial charge < -0.3 is 10.1 Å². The molecule has 0 fully saturated rings. The Kier molecular flexibility index (Phi) is 3.28. The zero-order chi connectivity index (χ0) is 10.7. The van der Waals surface area contributed by atoms with Crippen molar-refractivity contribution in [2.45, 2.75) is 12.5 Å². The second-order valence-corrected chi connectivity index (χ2v) is 4.49. The second-order valence-electron chi connectivity index (χ2n) is 3.50. The third kappa shape index (κ3) is 2.16. The Morgan fingerprint density at radius 3 is 3.20 bits per heavy atom. The topological polar surface area (TPSA) is 43.3 Å². The summed E-state index contributed by atoms with van der Waals surface area (Å²) in [6.45, 7) is 0. The van der Waals surface area contributed by atoms with Gasteiger partial charge in [-0.15, -0.1) is 0 Å². The van der Waals surface area contributed by atoms with Gasteiger partial charge in [-0.25, -0.2) is 4.98 Å². The minimum absolute atomic E-state index is 0.0300. The highest BCUT2D eigenvalue weighted by molar-refractivity contribution is 7.98. The number of aromatic nitrogens is 2. The maximum absolute atomic E-state index is 6.09. The normalized spacial score (nSPS) is 13.2. The average Bonchev–Trinajstić information content (AvgIpc) is 2.69. The van der Waals surface area contributed by atoms with E-state index in [4.69, 9.17) is 5.73 Å². The van der Waals surface area contributed by atoms with Crippen LogP contribution in [0.3, 0.4) is 0 Å². The van der Waals surface area contributed by atoms with E-state index in [0.717, 1.165) is 23.5 Å². The fraction of sp³-hybridized carbons (Fsp3) is 0.364. The highest BCUT2D eigenvalue weighted by atomic mass is 32.2. The first-order valence-electron chi connectivity index (χ1n) is 4.99. The molecule has 15 heavy (non-hydrogen) atoms. The van der Waals surface area contributed by atoms with Gasteiger partial charge in [0.15, 0.2) is 0 Å². The first-order chi connectivity index (χ1) is 7.33. The third-order valence-corrected chi connectivity index (χ3v) is 3.08. The standard InChI is InChI=1S/C11H15N3S/c1-15-7-5-10(12)11-13-8-9-4-2-3-6-14(9)11/h2-4,6,8,10H,5,7,12H2,1H3. The van der Waals surface area contributed by atoms with Crippen molar-refractivity contribution >= 4 is 17.3 Å². The van der Waals surface area contributed by atoms with E-state index in [9.17, 15) is 0 Å². The highest BCUT2D eigenvalue weighted by Crippen LogP contribution is 2.16. The summed E-state index contributed by atoms with van der Waals surface area (Å²) in [5.41, 5.74) is 7.20. The molecule has 2 aromatic heterocycles. The molecule has 0 radical (unpaired) electrons. The van der Waals surface area contributed by atoms with E-state index in [1.165, 1.54) is 0 Å². The van der Waals surface area contributed by atoms with Crippen LogP contribution in [0.4, 0.5) is 0 Å². The zero-order valence-corrected chi connectivity index (χ0v) is 9.57. The first-order valence-corrected chi connectivity index (χ1v) is 6.39. The fourth-order valence-corrected chi connectivity index (χ4v) is 2.10. The summed E-state index contributed by atoms with van der Waals surface area (Å²) in [5.74, 6) is 2.03. The van der Waals surface area contributed by atoms with Crippen LogP contribution in [0.25, 0.3) is 5.52 Å². The maximum Gasteiger partial charge on any atom is 0.130 e. The molecule has 0 saturated carbocycles. The van der Waals surface area contributed by atoms with Crippen molar-refractivity contribution in [2.75, 3.05) is 12.0 Å². The maximum atomic E-state index is 6.09. The van der Waals surface area contributed by atoms with Gasteiger partial charge in [0.2, 0.25) is 0 Å². The van der Waals surface area contributed by atoms with Crippen molar-refractivity contribution in [3.8, 4) is 0 Å². The van der Waals surface area contributed by atoms with Gasteiger partial charge in [-0.3, -0.25) is 0 Å². The molecule has 0 aromatic carbocycles. The molecule has 0 aliphatic heterocycles. The average molecular weight is 221 g/mol. The summed E-state index contributed by atoms with van der Waals surface area (Å²) in [5, 5.41) is 0. The van der Waals surface area contributed by atoms with Crippen molar-refractivity contribution in [1.29, 1.82) is 0 Å². The van der Waals surface area contributed by atoms with E-state index in [1.807, 2.05) is 42.4 Å². The lowest BCUT2D eigenvalue weighted by Crippen LogP contribution is -2.14. The SMILES string of the molecule is CSCCC(N)c1ncc2ccccn12. The molecule has 1 atom stereocenters. The Morgan fingerprint density at radius 2 is 2.40 bits per heavy atom. The van der Waals surface area contributed by atoms with Crippen molar-refractivity contribution < 1.29 is 0 Å². The van der Waals surface area contributed by atoms with E-state index in [1.54, 1.807) is 0 Å². The molecule has 2 rings (SSSR count). The number of thioether (sulfide) groups is 1. The molecule has 3 nitrogen and oxygen atoms in total. The quantitative estimate of drug-likeness (QED) is 0.859. The minimum atomic E-state index is 0.0300. The Hall–Kier alpha value is -1.00. The smallest absolute Gasteiger partial charge is 0.130 e. The third-order valence-electron chi connectivity index (χ3n) is 2.43. The molecular weight excluding hydrogens is 206 g/mol. The van der Waals surface area contributed by atoms with E-state index >= 15 is 0 Å². The highest BCUT2D eigenvalue weighted by Gasteiger charge is 2.11. The van der Waals surface area contributed by atoms with Crippen LogP contribution in [0.15, 0.2) is 30.6 Å². The van der Waals surface area contributed by atoms with E-state index < -0.39 is 0 Å². The van der Waals surface area contributed by atoms with Gasteiger partial charge in [-0.1, -0.05) is 6.07 Å². The number of imidazole rings is 1. The van der Waals surface area contributed by atoms with Gasteiger partial charge in [-0.05, 0) is 30.6 Å². The van der Waals surface area contributed by atoms with Crippen LogP contribution in [0.5, 0.6) is 0 Å². The number of pyridine rings is 1. The molecule has 2 aromatic rings. The van der Waals surface area contributed by atoms with Gasteiger partial charge in [0, 0.05) is 6.20 Å². The largest absolute Gasteiger partial charge is 0.321 e. The molecule has 0 spiro atoms. The van der Waals surface area contributed by atoms with Crippen LogP contribution < -0.4 is 5.73 Å². The van der Waals surface area contributed by atoms with Crippen LogP contribution in [0.2, 0.25) is 0 Å². The zero-order valence-electron chi connectivity index (χ0n) is 8.76. The monoisotopic (exact) mass is 221 g/mol. The van der Waals surface area contributed by atoms with Crippen molar-refractivity contribution in [2.24, 2.45) is 5.73 Å². The molecular formula is C11H15N3S. The minimum Gasteiger partial charge on any atom is -0.321 e. The predicted octanol–water partition coefficient (Wildman–Crippen LogP) is 2.09. The number of hydrogen-bond donors (Lipinski definition) is 1. The van der Waals surface area contributed by atoms with Crippen molar-refractivity contribution in [1.82, 2.24) is 9.38 Å². The molecule has 0 aliphatic carbocycles.